The van der Waals surface area contributed by atoms with Crippen LogP contribution in [0.4, 0.5) is 23.1 Å². The lowest BCUT2D eigenvalue weighted by Crippen LogP contribution is -2.15. The van der Waals surface area contributed by atoms with Crippen molar-refractivity contribution in [3.63, 3.8) is 0 Å². The lowest BCUT2D eigenvalue weighted by atomic mass is 10.0. The number of para-hydroxylation sites is 1. The van der Waals surface area contributed by atoms with Gasteiger partial charge in [-0.1, -0.05) is 32.0 Å². The van der Waals surface area contributed by atoms with Gasteiger partial charge in [0.15, 0.2) is 17.3 Å². The van der Waals surface area contributed by atoms with Crippen molar-refractivity contribution >= 4 is 23.1 Å². The largest absolute Gasteiger partial charge is 0.486 e. The Labute approximate surface area is 157 Å². The Balaban J connectivity index is 1.53. The van der Waals surface area contributed by atoms with E-state index in [1.54, 1.807) is 6.20 Å². The highest BCUT2D eigenvalue weighted by atomic mass is 16.6. The third kappa shape index (κ3) is 3.92. The number of anilines is 4. The molecule has 0 spiro atoms. The number of fused-ring (bicyclic) bond motifs is 1. The van der Waals surface area contributed by atoms with Crippen molar-refractivity contribution in [3.8, 4) is 11.5 Å². The van der Waals surface area contributed by atoms with Crippen LogP contribution in [0.5, 0.6) is 11.5 Å². The Morgan fingerprint density at radius 2 is 1.78 bits per heavy atom. The molecule has 1 aliphatic rings. The summed E-state index contributed by atoms with van der Waals surface area (Å²) in [6.45, 7) is 5.43. The molecule has 1 aliphatic heterocycles. The Hall–Kier alpha value is -3.35. The Morgan fingerprint density at radius 1 is 0.963 bits per heavy atom. The van der Waals surface area contributed by atoms with Gasteiger partial charge in [0.1, 0.15) is 13.2 Å². The summed E-state index contributed by atoms with van der Waals surface area (Å²) in [5, 5.41) is 14.6. The van der Waals surface area contributed by atoms with Gasteiger partial charge >= 0.3 is 0 Å². The first-order valence-electron chi connectivity index (χ1n) is 8.91. The summed E-state index contributed by atoms with van der Waals surface area (Å²) < 4.78 is 11.2. The number of ether oxygens (including phenoxy) is 2. The predicted octanol–water partition coefficient (Wildman–Crippen LogP) is 4.25. The number of rotatable bonds is 5. The zero-order chi connectivity index (χ0) is 18.6. The molecular formula is C20H21N5O2. The van der Waals surface area contributed by atoms with Crippen LogP contribution in [0.3, 0.4) is 0 Å². The molecule has 0 radical (unpaired) electrons. The van der Waals surface area contributed by atoms with Crippen molar-refractivity contribution in [2.45, 2.75) is 19.8 Å². The Bertz CT molecular complexity index is 945. The van der Waals surface area contributed by atoms with Crippen LogP contribution in [0.1, 0.15) is 25.3 Å². The van der Waals surface area contributed by atoms with Gasteiger partial charge in [0.05, 0.1) is 6.20 Å². The van der Waals surface area contributed by atoms with Crippen molar-refractivity contribution in [2.24, 2.45) is 0 Å². The summed E-state index contributed by atoms with van der Waals surface area (Å²) in [6.07, 6.45) is 1.58. The van der Waals surface area contributed by atoms with Crippen LogP contribution in [-0.4, -0.2) is 28.4 Å². The van der Waals surface area contributed by atoms with Crippen LogP contribution < -0.4 is 20.1 Å². The molecule has 138 valence electrons. The zero-order valence-corrected chi connectivity index (χ0v) is 15.3. The molecule has 0 amide bonds. The molecule has 2 aromatic carbocycles. The van der Waals surface area contributed by atoms with Crippen LogP contribution in [-0.2, 0) is 0 Å². The van der Waals surface area contributed by atoms with Crippen LogP contribution in [0.2, 0.25) is 0 Å². The SMILES string of the molecule is CC(C)c1ccccc1Nc1nncc(Nc2ccc3c(c2)OCCO3)n1. The predicted molar refractivity (Wildman–Crippen MR) is 104 cm³/mol. The van der Waals surface area contributed by atoms with Crippen molar-refractivity contribution in [1.29, 1.82) is 0 Å². The molecule has 27 heavy (non-hydrogen) atoms. The maximum Gasteiger partial charge on any atom is 0.249 e. The molecule has 0 saturated heterocycles. The second-order valence-corrected chi connectivity index (χ2v) is 6.52. The Kier molecular flexibility index (Phi) is 4.74. The van der Waals surface area contributed by atoms with Gasteiger partial charge in [-0.15, -0.1) is 5.10 Å². The van der Waals surface area contributed by atoms with Gasteiger partial charge in [0.2, 0.25) is 5.95 Å². The molecule has 3 aromatic rings. The highest BCUT2D eigenvalue weighted by molar-refractivity contribution is 5.63. The van der Waals surface area contributed by atoms with Crippen LogP contribution >= 0.6 is 0 Å². The average molecular weight is 363 g/mol. The number of aromatic nitrogens is 3. The maximum atomic E-state index is 5.61. The van der Waals surface area contributed by atoms with E-state index >= 15 is 0 Å². The minimum absolute atomic E-state index is 0.390. The average Bonchev–Trinajstić information content (AvgIpc) is 2.68. The first-order chi connectivity index (χ1) is 13.2. The summed E-state index contributed by atoms with van der Waals surface area (Å²) in [7, 11) is 0. The summed E-state index contributed by atoms with van der Waals surface area (Å²) >= 11 is 0. The monoisotopic (exact) mass is 363 g/mol. The van der Waals surface area contributed by atoms with Crippen molar-refractivity contribution in [2.75, 3.05) is 23.8 Å². The van der Waals surface area contributed by atoms with E-state index in [1.807, 2.05) is 36.4 Å². The van der Waals surface area contributed by atoms with E-state index in [2.05, 4.69) is 45.7 Å². The molecule has 1 aromatic heterocycles. The zero-order valence-electron chi connectivity index (χ0n) is 15.3. The number of hydrogen-bond acceptors (Lipinski definition) is 7. The molecule has 0 saturated carbocycles. The quantitative estimate of drug-likeness (QED) is 0.701. The molecule has 0 fully saturated rings. The maximum absolute atomic E-state index is 5.61. The molecule has 2 N–H and O–H groups in total. The fourth-order valence-corrected chi connectivity index (χ4v) is 2.92. The van der Waals surface area contributed by atoms with E-state index in [9.17, 15) is 0 Å². The minimum Gasteiger partial charge on any atom is -0.486 e. The molecule has 2 heterocycles. The fourth-order valence-electron chi connectivity index (χ4n) is 2.92. The number of benzene rings is 2. The molecule has 0 aliphatic carbocycles. The number of nitrogens with one attached hydrogen (secondary N) is 2. The van der Waals surface area contributed by atoms with Gasteiger partial charge in [-0.25, -0.2) is 0 Å². The second-order valence-electron chi connectivity index (χ2n) is 6.52. The molecule has 7 heteroatoms. The van der Waals surface area contributed by atoms with Gasteiger partial charge in [0.25, 0.3) is 0 Å². The molecule has 0 atom stereocenters. The number of hydrogen-bond donors (Lipinski definition) is 2. The van der Waals surface area contributed by atoms with Gasteiger partial charge < -0.3 is 20.1 Å². The summed E-state index contributed by atoms with van der Waals surface area (Å²) in [5.41, 5.74) is 3.02. The first kappa shape index (κ1) is 17.1. The van der Waals surface area contributed by atoms with E-state index < -0.39 is 0 Å². The van der Waals surface area contributed by atoms with Gasteiger partial charge in [-0.05, 0) is 29.7 Å². The first-order valence-corrected chi connectivity index (χ1v) is 8.91. The van der Waals surface area contributed by atoms with Crippen LogP contribution in [0.25, 0.3) is 0 Å². The van der Waals surface area contributed by atoms with Crippen LogP contribution in [0, 0.1) is 0 Å². The standard InChI is InChI=1S/C20H21N5O2/c1-13(2)15-5-3-4-6-16(15)23-20-24-19(12-21-25-20)22-14-7-8-17-18(11-14)27-10-9-26-17/h3-8,11-13H,9-10H2,1-2H3,(H2,22,23,24,25). The normalized spacial score (nSPS) is 12.7. The molecule has 4 rings (SSSR count). The fraction of sp³-hybridized carbons (Fsp3) is 0.250. The highest BCUT2D eigenvalue weighted by Gasteiger charge is 2.12. The van der Waals surface area contributed by atoms with Gasteiger partial charge in [-0.3, -0.25) is 0 Å². The second kappa shape index (κ2) is 7.49. The topological polar surface area (TPSA) is 81.2 Å². The van der Waals surface area contributed by atoms with E-state index in [4.69, 9.17) is 9.47 Å². The minimum atomic E-state index is 0.390. The van der Waals surface area contributed by atoms with E-state index in [0.29, 0.717) is 30.9 Å². The van der Waals surface area contributed by atoms with E-state index in [-0.39, 0.29) is 0 Å². The van der Waals surface area contributed by atoms with E-state index in [1.165, 1.54) is 5.56 Å². The lowest BCUT2D eigenvalue weighted by molar-refractivity contribution is 0.171. The highest BCUT2D eigenvalue weighted by Crippen LogP contribution is 2.33. The number of nitrogens with zero attached hydrogens (tertiary/aromatic N) is 3. The van der Waals surface area contributed by atoms with Crippen molar-refractivity contribution in [1.82, 2.24) is 15.2 Å². The smallest absolute Gasteiger partial charge is 0.249 e. The lowest BCUT2D eigenvalue weighted by Gasteiger charge is -2.19. The van der Waals surface area contributed by atoms with Gasteiger partial charge in [-0.2, -0.15) is 10.1 Å². The summed E-state index contributed by atoms with van der Waals surface area (Å²) in [6, 6.07) is 13.8. The third-order valence-electron chi connectivity index (χ3n) is 4.20. The van der Waals surface area contributed by atoms with Crippen molar-refractivity contribution in [3.05, 3.63) is 54.2 Å². The molecular weight excluding hydrogens is 342 g/mol. The molecule has 0 bridgehead atoms. The third-order valence-corrected chi connectivity index (χ3v) is 4.20. The van der Waals surface area contributed by atoms with E-state index in [0.717, 1.165) is 22.9 Å². The summed E-state index contributed by atoms with van der Waals surface area (Å²) in [4.78, 5) is 4.51. The van der Waals surface area contributed by atoms with Crippen molar-refractivity contribution < 1.29 is 9.47 Å². The van der Waals surface area contributed by atoms with Crippen LogP contribution in [0.15, 0.2) is 48.7 Å². The molecule has 7 nitrogen and oxygen atoms in total. The molecule has 0 unspecified atom stereocenters. The Morgan fingerprint density at radius 3 is 2.63 bits per heavy atom. The van der Waals surface area contributed by atoms with Gasteiger partial charge in [0, 0.05) is 17.4 Å². The summed E-state index contributed by atoms with van der Waals surface area (Å²) in [5.74, 6) is 2.88.